The van der Waals surface area contributed by atoms with E-state index in [2.05, 4.69) is 36.0 Å². The summed E-state index contributed by atoms with van der Waals surface area (Å²) in [5, 5.41) is 11.9. The van der Waals surface area contributed by atoms with Crippen LogP contribution in [-0.2, 0) is 11.2 Å². The number of carbonyl (C=O) groups is 1. The third kappa shape index (κ3) is 3.55. The molecule has 0 unspecified atom stereocenters. The first-order chi connectivity index (χ1) is 14.7. The van der Waals surface area contributed by atoms with Crippen LogP contribution in [0.4, 0.5) is 0 Å². The number of hydrazone groups is 1. The van der Waals surface area contributed by atoms with E-state index in [0.29, 0.717) is 23.0 Å². The number of aromatic amines is 1. The SMILES string of the molecule is Cc1[nH]c(C=C2C(=O)NN=C2c2cnccn2)c(-c2ccon2)c1CCNC1CC1. The zero-order chi connectivity index (χ0) is 20.5. The number of H-pyrrole nitrogens is 1. The van der Waals surface area contributed by atoms with E-state index in [-0.39, 0.29) is 5.91 Å². The van der Waals surface area contributed by atoms with E-state index in [4.69, 9.17) is 4.52 Å². The fraction of sp³-hybridized carbons (Fsp3) is 0.286. The Labute approximate surface area is 172 Å². The molecule has 1 aliphatic heterocycles. The number of aryl methyl sites for hydroxylation is 1. The molecule has 30 heavy (non-hydrogen) atoms. The highest BCUT2D eigenvalue weighted by Gasteiger charge is 2.27. The molecule has 3 N–H and O–H groups in total. The molecule has 1 saturated carbocycles. The molecule has 0 atom stereocenters. The lowest BCUT2D eigenvalue weighted by Crippen LogP contribution is -2.19. The second-order valence-electron chi connectivity index (χ2n) is 7.43. The molecule has 9 nitrogen and oxygen atoms in total. The number of amides is 1. The maximum absolute atomic E-state index is 12.5. The van der Waals surface area contributed by atoms with E-state index in [0.717, 1.165) is 41.2 Å². The lowest BCUT2D eigenvalue weighted by atomic mass is 10.00. The molecule has 1 aliphatic carbocycles. The predicted molar refractivity (Wildman–Crippen MR) is 110 cm³/mol. The van der Waals surface area contributed by atoms with Crippen LogP contribution in [0.3, 0.4) is 0 Å². The summed E-state index contributed by atoms with van der Waals surface area (Å²) in [6.45, 7) is 2.92. The van der Waals surface area contributed by atoms with Crippen molar-refractivity contribution in [2.75, 3.05) is 6.54 Å². The summed E-state index contributed by atoms with van der Waals surface area (Å²) in [5.41, 5.74) is 8.57. The Morgan fingerprint density at radius 2 is 2.20 bits per heavy atom. The third-order valence-corrected chi connectivity index (χ3v) is 5.29. The standard InChI is InChI=1S/C21H21N7O2/c1-12-14(4-6-23-13-2-3-13)19(16-5-9-30-28-16)17(25-12)10-15-20(26-27-21(15)29)18-11-22-7-8-24-18/h5,7-11,13,23,25H,2-4,6H2,1H3,(H,27,29). The highest BCUT2D eigenvalue weighted by atomic mass is 16.5. The minimum atomic E-state index is -0.286. The molecule has 0 bridgehead atoms. The van der Waals surface area contributed by atoms with Gasteiger partial charge in [0.15, 0.2) is 0 Å². The van der Waals surface area contributed by atoms with Crippen LogP contribution in [0.25, 0.3) is 17.3 Å². The van der Waals surface area contributed by atoms with Gasteiger partial charge in [0.2, 0.25) is 0 Å². The van der Waals surface area contributed by atoms with Crippen LogP contribution in [0, 0.1) is 6.92 Å². The highest BCUT2D eigenvalue weighted by molar-refractivity contribution is 6.32. The van der Waals surface area contributed by atoms with Gasteiger partial charge in [-0.15, -0.1) is 0 Å². The first-order valence-corrected chi connectivity index (χ1v) is 9.93. The maximum Gasteiger partial charge on any atom is 0.273 e. The molecule has 4 heterocycles. The monoisotopic (exact) mass is 403 g/mol. The Kier molecular flexibility index (Phi) is 4.72. The van der Waals surface area contributed by atoms with Crippen LogP contribution >= 0.6 is 0 Å². The molecule has 1 fully saturated rings. The minimum Gasteiger partial charge on any atom is -0.364 e. The number of nitrogens with one attached hydrogen (secondary N) is 3. The molecule has 152 valence electrons. The van der Waals surface area contributed by atoms with Crippen molar-refractivity contribution in [3.63, 3.8) is 0 Å². The summed E-state index contributed by atoms with van der Waals surface area (Å²) >= 11 is 0. The number of carbonyl (C=O) groups excluding carboxylic acids is 1. The first-order valence-electron chi connectivity index (χ1n) is 9.93. The fourth-order valence-corrected chi connectivity index (χ4v) is 3.66. The third-order valence-electron chi connectivity index (χ3n) is 5.29. The van der Waals surface area contributed by atoms with Crippen molar-refractivity contribution in [3.8, 4) is 11.3 Å². The maximum atomic E-state index is 12.5. The molecule has 0 saturated heterocycles. The number of rotatable bonds is 7. The predicted octanol–water partition coefficient (Wildman–Crippen LogP) is 1.98. The second kappa shape index (κ2) is 7.68. The number of hydrogen-bond donors (Lipinski definition) is 3. The number of hydrogen-bond acceptors (Lipinski definition) is 7. The summed E-state index contributed by atoms with van der Waals surface area (Å²) < 4.78 is 5.10. The normalized spacial score (nSPS) is 17.4. The summed E-state index contributed by atoms with van der Waals surface area (Å²) in [6.07, 6.45) is 11.4. The van der Waals surface area contributed by atoms with Gasteiger partial charge in [-0.1, -0.05) is 5.16 Å². The summed E-state index contributed by atoms with van der Waals surface area (Å²) in [6, 6.07) is 2.48. The van der Waals surface area contributed by atoms with Crippen molar-refractivity contribution in [2.45, 2.75) is 32.2 Å². The largest absolute Gasteiger partial charge is 0.364 e. The second-order valence-corrected chi connectivity index (χ2v) is 7.43. The van der Waals surface area contributed by atoms with Gasteiger partial charge >= 0.3 is 0 Å². The number of nitrogens with zero attached hydrogens (tertiary/aromatic N) is 4. The van der Waals surface area contributed by atoms with Crippen molar-refractivity contribution in [3.05, 3.63) is 59.1 Å². The number of aromatic nitrogens is 4. The average Bonchev–Trinajstić information content (AvgIpc) is 3.14. The zero-order valence-electron chi connectivity index (χ0n) is 16.5. The molecule has 0 spiro atoms. The molecule has 0 radical (unpaired) electrons. The van der Waals surface area contributed by atoms with Crippen LogP contribution in [0.5, 0.6) is 0 Å². The minimum absolute atomic E-state index is 0.286. The smallest absolute Gasteiger partial charge is 0.273 e. The topological polar surface area (TPSA) is 121 Å². The Hall–Kier alpha value is -3.59. The zero-order valence-corrected chi connectivity index (χ0v) is 16.5. The van der Waals surface area contributed by atoms with E-state index in [1.807, 2.05) is 13.0 Å². The van der Waals surface area contributed by atoms with Gasteiger partial charge in [-0.2, -0.15) is 5.10 Å². The highest BCUT2D eigenvalue weighted by Crippen LogP contribution is 2.32. The molecule has 3 aromatic rings. The summed E-state index contributed by atoms with van der Waals surface area (Å²) in [7, 11) is 0. The van der Waals surface area contributed by atoms with Gasteiger partial charge in [-0.05, 0) is 44.4 Å². The Balaban J connectivity index is 1.54. The Bertz CT molecular complexity index is 1130. The molecule has 5 rings (SSSR count). The van der Waals surface area contributed by atoms with Gasteiger partial charge in [0.05, 0.1) is 11.8 Å². The molecule has 1 amide bonds. The van der Waals surface area contributed by atoms with Crippen molar-refractivity contribution in [2.24, 2.45) is 5.10 Å². The van der Waals surface area contributed by atoms with Crippen molar-refractivity contribution in [1.29, 1.82) is 0 Å². The first kappa shape index (κ1) is 18.4. The fourth-order valence-electron chi connectivity index (χ4n) is 3.66. The quantitative estimate of drug-likeness (QED) is 0.519. The average molecular weight is 403 g/mol. The molecular formula is C21H21N7O2. The lowest BCUT2D eigenvalue weighted by Gasteiger charge is -2.06. The summed E-state index contributed by atoms with van der Waals surface area (Å²) in [4.78, 5) is 24.3. The van der Waals surface area contributed by atoms with E-state index >= 15 is 0 Å². The van der Waals surface area contributed by atoms with Gasteiger partial charge in [0.25, 0.3) is 5.91 Å². The summed E-state index contributed by atoms with van der Waals surface area (Å²) in [5.74, 6) is -0.286. The van der Waals surface area contributed by atoms with Crippen molar-refractivity contribution < 1.29 is 9.32 Å². The van der Waals surface area contributed by atoms with Crippen LogP contribution in [-0.4, -0.2) is 44.3 Å². The molecule has 2 aliphatic rings. The van der Waals surface area contributed by atoms with Gasteiger partial charge in [-0.3, -0.25) is 14.8 Å². The van der Waals surface area contributed by atoms with E-state index in [1.165, 1.54) is 12.8 Å². The lowest BCUT2D eigenvalue weighted by molar-refractivity contribution is -0.116. The van der Waals surface area contributed by atoms with Gasteiger partial charge in [0, 0.05) is 41.5 Å². The molecular weight excluding hydrogens is 382 g/mol. The van der Waals surface area contributed by atoms with Crippen molar-refractivity contribution >= 4 is 17.7 Å². The Morgan fingerprint density at radius 1 is 1.30 bits per heavy atom. The Morgan fingerprint density at radius 3 is 2.93 bits per heavy atom. The van der Waals surface area contributed by atoms with Crippen LogP contribution < -0.4 is 10.7 Å². The van der Waals surface area contributed by atoms with E-state index < -0.39 is 0 Å². The van der Waals surface area contributed by atoms with Crippen LogP contribution in [0.2, 0.25) is 0 Å². The molecule has 0 aromatic carbocycles. The van der Waals surface area contributed by atoms with Crippen LogP contribution in [0.1, 0.15) is 35.5 Å². The van der Waals surface area contributed by atoms with E-state index in [1.54, 1.807) is 30.9 Å². The molecule has 3 aromatic heterocycles. The van der Waals surface area contributed by atoms with Crippen LogP contribution in [0.15, 0.2) is 46.1 Å². The van der Waals surface area contributed by atoms with E-state index in [9.17, 15) is 4.79 Å². The van der Waals surface area contributed by atoms with Gasteiger partial charge < -0.3 is 14.8 Å². The molecule has 9 heteroatoms. The van der Waals surface area contributed by atoms with Gasteiger partial charge in [0.1, 0.15) is 23.4 Å². The van der Waals surface area contributed by atoms with Gasteiger partial charge in [-0.25, -0.2) is 5.43 Å². The van der Waals surface area contributed by atoms with Crippen molar-refractivity contribution in [1.82, 2.24) is 30.9 Å².